The van der Waals surface area contributed by atoms with E-state index >= 15 is 0 Å². The van der Waals surface area contributed by atoms with E-state index in [9.17, 15) is 0 Å². The Morgan fingerprint density at radius 2 is 1.91 bits per heavy atom. The number of aromatic nitrogens is 2. The fraction of sp³-hybridized carbons (Fsp3) is 0.824. The normalized spacial score (nSPS) is 23.9. The maximum absolute atomic E-state index is 4.70. The molecule has 6 heteroatoms. The standard InChI is InChI=1S/C17H31N5.ClH/c1-17(2,3)16-14(11-20(4)19-16)12-21-8-5-15(13-21)22-9-6-18-7-10-22;/h11,15,18H,5-10,12-13H2,1-4H3;1H. The molecule has 5 nitrogen and oxygen atoms in total. The van der Waals surface area contributed by atoms with E-state index in [-0.39, 0.29) is 17.8 Å². The topological polar surface area (TPSA) is 36.3 Å². The number of nitrogens with one attached hydrogen (secondary N) is 1. The number of halogens is 1. The first kappa shape index (κ1) is 18.7. The molecule has 0 radical (unpaired) electrons. The Labute approximate surface area is 146 Å². The molecular weight excluding hydrogens is 310 g/mol. The molecule has 2 saturated heterocycles. The molecule has 0 aromatic carbocycles. The quantitative estimate of drug-likeness (QED) is 0.906. The van der Waals surface area contributed by atoms with Crippen LogP contribution in [0.1, 0.15) is 38.4 Å². The zero-order valence-corrected chi connectivity index (χ0v) is 15.8. The third-order valence-corrected chi connectivity index (χ3v) is 4.92. The molecule has 132 valence electrons. The van der Waals surface area contributed by atoms with E-state index in [2.05, 4.69) is 42.1 Å². The average Bonchev–Trinajstić information content (AvgIpc) is 3.07. The van der Waals surface area contributed by atoms with Crippen LogP contribution in [0.2, 0.25) is 0 Å². The Kier molecular flexibility index (Phi) is 6.11. The molecule has 2 fully saturated rings. The summed E-state index contributed by atoms with van der Waals surface area (Å²) in [5, 5.41) is 8.15. The molecule has 2 aliphatic heterocycles. The zero-order chi connectivity index (χ0) is 15.7. The van der Waals surface area contributed by atoms with Crippen molar-refractivity contribution in [2.75, 3.05) is 39.3 Å². The van der Waals surface area contributed by atoms with Crippen LogP contribution in [0.15, 0.2) is 6.20 Å². The summed E-state index contributed by atoms with van der Waals surface area (Å²) in [5.41, 5.74) is 2.77. The molecule has 1 aromatic rings. The molecule has 0 saturated carbocycles. The number of likely N-dealkylation sites (tertiary alicyclic amines) is 1. The van der Waals surface area contributed by atoms with Gasteiger partial charge in [0.1, 0.15) is 0 Å². The first-order valence-corrected chi connectivity index (χ1v) is 8.63. The lowest BCUT2D eigenvalue weighted by Crippen LogP contribution is -2.49. The highest BCUT2D eigenvalue weighted by molar-refractivity contribution is 5.85. The largest absolute Gasteiger partial charge is 0.314 e. The monoisotopic (exact) mass is 341 g/mol. The third kappa shape index (κ3) is 4.47. The van der Waals surface area contributed by atoms with Crippen molar-refractivity contribution >= 4 is 12.4 Å². The van der Waals surface area contributed by atoms with Crippen molar-refractivity contribution in [3.8, 4) is 0 Å². The molecule has 0 bridgehead atoms. The number of piperazine rings is 1. The van der Waals surface area contributed by atoms with Crippen LogP contribution in [0.3, 0.4) is 0 Å². The molecule has 1 aromatic heterocycles. The van der Waals surface area contributed by atoms with Crippen molar-refractivity contribution < 1.29 is 0 Å². The third-order valence-electron chi connectivity index (χ3n) is 4.92. The first-order valence-electron chi connectivity index (χ1n) is 8.63. The maximum atomic E-state index is 4.70. The van der Waals surface area contributed by atoms with Gasteiger partial charge < -0.3 is 5.32 Å². The summed E-state index contributed by atoms with van der Waals surface area (Å²) < 4.78 is 1.97. The van der Waals surface area contributed by atoms with Crippen molar-refractivity contribution in [2.24, 2.45) is 7.05 Å². The molecule has 1 N–H and O–H groups in total. The van der Waals surface area contributed by atoms with Gasteiger partial charge in [-0.25, -0.2) is 0 Å². The van der Waals surface area contributed by atoms with E-state index in [1.807, 2.05) is 11.7 Å². The van der Waals surface area contributed by atoms with Gasteiger partial charge in [-0.2, -0.15) is 5.10 Å². The molecule has 3 heterocycles. The molecule has 0 spiro atoms. The molecule has 3 rings (SSSR count). The summed E-state index contributed by atoms with van der Waals surface area (Å²) >= 11 is 0. The maximum Gasteiger partial charge on any atom is 0.0722 e. The Morgan fingerprint density at radius 1 is 1.22 bits per heavy atom. The zero-order valence-electron chi connectivity index (χ0n) is 15.0. The van der Waals surface area contributed by atoms with Crippen LogP contribution in [-0.4, -0.2) is 64.9 Å². The van der Waals surface area contributed by atoms with Crippen LogP contribution in [-0.2, 0) is 19.0 Å². The molecule has 0 amide bonds. The number of hydrogen-bond acceptors (Lipinski definition) is 4. The van der Waals surface area contributed by atoms with Gasteiger partial charge in [-0.3, -0.25) is 14.5 Å². The van der Waals surface area contributed by atoms with E-state index in [1.165, 1.54) is 43.9 Å². The minimum absolute atomic E-state index is 0. The fourth-order valence-electron chi connectivity index (χ4n) is 3.83. The Bertz CT molecular complexity index is 502. The van der Waals surface area contributed by atoms with Gasteiger partial charge in [0, 0.05) is 76.1 Å². The van der Waals surface area contributed by atoms with Gasteiger partial charge in [-0.05, 0) is 6.42 Å². The summed E-state index contributed by atoms with van der Waals surface area (Å²) in [5.74, 6) is 0. The smallest absolute Gasteiger partial charge is 0.0722 e. The molecular formula is C17H32ClN5. The van der Waals surface area contributed by atoms with Gasteiger partial charge in [-0.1, -0.05) is 20.8 Å². The van der Waals surface area contributed by atoms with E-state index in [4.69, 9.17) is 5.10 Å². The lowest BCUT2D eigenvalue weighted by molar-refractivity contribution is 0.170. The van der Waals surface area contributed by atoms with Gasteiger partial charge >= 0.3 is 0 Å². The summed E-state index contributed by atoms with van der Waals surface area (Å²) in [6, 6.07) is 0.747. The summed E-state index contributed by atoms with van der Waals surface area (Å²) in [7, 11) is 2.03. The van der Waals surface area contributed by atoms with Gasteiger partial charge in [0.25, 0.3) is 0 Å². The second-order valence-electron chi connectivity index (χ2n) is 7.89. The van der Waals surface area contributed by atoms with Gasteiger partial charge in [-0.15, -0.1) is 12.4 Å². The van der Waals surface area contributed by atoms with Gasteiger partial charge in [0.2, 0.25) is 0 Å². The predicted molar refractivity (Wildman–Crippen MR) is 97.3 cm³/mol. The van der Waals surface area contributed by atoms with Crippen molar-refractivity contribution in [2.45, 2.75) is 45.2 Å². The predicted octanol–water partition coefficient (Wildman–Crippen LogP) is 1.62. The minimum Gasteiger partial charge on any atom is -0.314 e. The average molecular weight is 342 g/mol. The molecule has 23 heavy (non-hydrogen) atoms. The van der Waals surface area contributed by atoms with Crippen LogP contribution in [0.5, 0.6) is 0 Å². The second-order valence-corrected chi connectivity index (χ2v) is 7.89. The van der Waals surface area contributed by atoms with Crippen molar-refractivity contribution in [1.29, 1.82) is 0 Å². The number of nitrogens with zero attached hydrogens (tertiary/aromatic N) is 4. The van der Waals surface area contributed by atoms with Crippen LogP contribution in [0, 0.1) is 0 Å². The molecule has 2 aliphatic rings. The van der Waals surface area contributed by atoms with Crippen LogP contribution >= 0.6 is 12.4 Å². The van der Waals surface area contributed by atoms with Crippen LogP contribution < -0.4 is 5.32 Å². The number of aryl methyl sites for hydroxylation is 1. The first-order chi connectivity index (χ1) is 10.4. The Hall–Kier alpha value is -0.620. The number of hydrogen-bond donors (Lipinski definition) is 1. The second kappa shape index (κ2) is 7.51. The van der Waals surface area contributed by atoms with E-state index < -0.39 is 0 Å². The Balaban J connectivity index is 0.00000192. The van der Waals surface area contributed by atoms with Crippen LogP contribution in [0.25, 0.3) is 0 Å². The van der Waals surface area contributed by atoms with Crippen LogP contribution in [0.4, 0.5) is 0 Å². The van der Waals surface area contributed by atoms with E-state index in [0.29, 0.717) is 0 Å². The van der Waals surface area contributed by atoms with Crippen molar-refractivity contribution in [1.82, 2.24) is 24.9 Å². The molecule has 0 aliphatic carbocycles. The minimum atomic E-state index is 0. The molecule has 1 unspecified atom stereocenters. The highest BCUT2D eigenvalue weighted by Crippen LogP contribution is 2.26. The Morgan fingerprint density at radius 3 is 2.57 bits per heavy atom. The lowest BCUT2D eigenvalue weighted by atomic mass is 9.89. The lowest BCUT2D eigenvalue weighted by Gasteiger charge is -2.32. The van der Waals surface area contributed by atoms with E-state index in [1.54, 1.807) is 0 Å². The SMILES string of the molecule is Cl.Cn1cc(CN2CCC(N3CCNCC3)C2)c(C(C)(C)C)n1. The summed E-state index contributed by atoms with van der Waals surface area (Å²) in [6.45, 7) is 14.9. The van der Waals surface area contributed by atoms with E-state index in [0.717, 1.165) is 25.7 Å². The van der Waals surface area contributed by atoms with Gasteiger partial charge in [0.05, 0.1) is 5.69 Å². The van der Waals surface area contributed by atoms with Crippen molar-refractivity contribution in [3.05, 3.63) is 17.5 Å². The van der Waals surface area contributed by atoms with Gasteiger partial charge in [0.15, 0.2) is 0 Å². The number of rotatable bonds is 3. The summed E-state index contributed by atoms with van der Waals surface area (Å²) in [4.78, 5) is 5.28. The molecule has 1 atom stereocenters. The highest BCUT2D eigenvalue weighted by Gasteiger charge is 2.30. The summed E-state index contributed by atoms with van der Waals surface area (Å²) in [6.07, 6.45) is 3.52. The fourth-order valence-corrected chi connectivity index (χ4v) is 3.83. The highest BCUT2D eigenvalue weighted by atomic mass is 35.5. The van der Waals surface area contributed by atoms with Crippen molar-refractivity contribution in [3.63, 3.8) is 0 Å².